The number of primary amides is 1. The molecule has 0 saturated carbocycles. The first kappa shape index (κ1) is 27.5. The normalized spacial score (nSPS) is 14.3. The number of amides is 1. The molecule has 1 amide bonds. The zero-order valence-corrected chi connectivity index (χ0v) is 23.1. The number of rotatable bonds is 11. The van der Waals surface area contributed by atoms with E-state index in [2.05, 4.69) is 27.8 Å². The number of aryl methyl sites for hydroxylation is 1. The maximum atomic E-state index is 12.2. The summed E-state index contributed by atoms with van der Waals surface area (Å²) < 4.78 is 13.5. The first-order chi connectivity index (χ1) is 19.5. The summed E-state index contributed by atoms with van der Waals surface area (Å²) in [7, 11) is 1.72. The molecule has 0 unspecified atom stereocenters. The van der Waals surface area contributed by atoms with Crippen molar-refractivity contribution < 1.29 is 19.1 Å². The molecule has 7 nitrogen and oxygen atoms in total. The lowest BCUT2D eigenvalue weighted by Gasteiger charge is -2.33. The first-order valence-corrected chi connectivity index (χ1v) is 14.0. The van der Waals surface area contributed by atoms with Gasteiger partial charge in [-0.25, -0.2) is 4.79 Å². The summed E-state index contributed by atoms with van der Waals surface area (Å²) >= 11 is 0. The quantitative estimate of drug-likeness (QED) is 0.203. The Morgan fingerprint density at radius 2 is 1.73 bits per heavy atom. The number of carbonyl (C=O) groups is 2. The van der Waals surface area contributed by atoms with Gasteiger partial charge in [0.2, 0.25) is 5.91 Å². The van der Waals surface area contributed by atoms with Crippen LogP contribution in [0.2, 0.25) is 0 Å². The van der Waals surface area contributed by atoms with Crippen LogP contribution >= 0.6 is 0 Å². The zero-order valence-electron chi connectivity index (χ0n) is 23.1. The molecule has 4 aromatic rings. The number of benzene rings is 3. The SMILES string of the molecule is COc1cccc(CCCOC(=O)c2ccccc2)c1CCN1CCC(n2ccc3ccc(C(N)=O)cc32)CC1. The second kappa shape index (κ2) is 12.8. The molecule has 1 saturated heterocycles. The van der Waals surface area contributed by atoms with Crippen LogP contribution in [0.5, 0.6) is 5.75 Å². The summed E-state index contributed by atoms with van der Waals surface area (Å²) in [6.45, 7) is 3.37. The number of piperidine rings is 1. The lowest BCUT2D eigenvalue weighted by Crippen LogP contribution is -2.36. The number of hydrogen-bond acceptors (Lipinski definition) is 5. The molecular weight excluding hydrogens is 502 g/mol. The van der Waals surface area contributed by atoms with E-state index in [1.807, 2.05) is 42.5 Å². The van der Waals surface area contributed by atoms with Gasteiger partial charge in [0.05, 0.1) is 19.3 Å². The summed E-state index contributed by atoms with van der Waals surface area (Å²) in [4.78, 5) is 26.4. The highest BCUT2D eigenvalue weighted by molar-refractivity contribution is 5.97. The third kappa shape index (κ3) is 6.37. The molecule has 5 rings (SSSR count). The van der Waals surface area contributed by atoms with Crippen molar-refractivity contribution in [2.75, 3.05) is 33.4 Å². The third-order valence-electron chi connectivity index (χ3n) is 7.92. The van der Waals surface area contributed by atoms with E-state index in [0.717, 1.165) is 68.4 Å². The molecule has 0 atom stereocenters. The molecule has 0 bridgehead atoms. The minimum Gasteiger partial charge on any atom is -0.496 e. The van der Waals surface area contributed by atoms with Gasteiger partial charge in [0, 0.05) is 43.0 Å². The van der Waals surface area contributed by atoms with Crippen LogP contribution in [-0.2, 0) is 17.6 Å². The number of aromatic nitrogens is 1. The molecule has 2 heterocycles. The smallest absolute Gasteiger partial charge is 0.338 e. The van der Waals surface area contributed by atoms with Crippen LogP contribution in [0.4, 0.5) is 0 Å². The fourth-order valence-electron chi connectivity index (χ4n) is 5.72. The van der Waals surface area contributed by atoms with Crippen LogP contribution in [0.25, 0.3) is 10.9 Å². The fourth-order valence-corrected chi connectivity index (χ4v) is 5.72. The average molecular weight is 540 g/mol. The number of fused-ring (bicyclic) bond motifs is 1. The van der Waals surface area contributed by atoms with Crippen molar-refractivity contribution in [2.24, 2.45) is 5.73 Å². The number of esters is 1. The Morgan fingerprint density at radius 3 is 2.48 bits per heavy atom. The molecule has 40 heavy (non-hydrogen) atoms. The van der Waals surface area contributed by atoms with Gasteiger partial charge in [0.1, 0.15) is 5.75 Å². The van der Waals surface area contributed by atoms with Gasteiger partial charge in [-0.2, -0.15) is 0 Å². The number of carbonyl (C=O) groups excluding carboxylic acids is 2. The van der Waals surface area contributed by atoms with E-state index in [9.17, 15) is 9.59 Å². The Kier molecular flexibility index (Phi) is 8.81. The van der Waals surface area contributed by atoms with Crippen molar-refractivity contribution >= 4 is 22.8 Å². The molecular formula is C33H37N3O4. The molecule has 0 spiro atoms. The number of likely N-dealkylation sites (tertiary alicyclic amines) is 1. The van der Waals surface area contributed by atoms with Crippen molar-refractivity contribution in [3.63, 3.8) is 0 Å². The molecule has 1 aromatic heterocycles. The van der Waals surface area contributed by atoms with Crippen molar-refractivity contribution in [3.05, 3.63) is 101 Å². The Morgan fingerprint density at radius 1 is 0.925 bits per heavy atom. The summed E-state index contributed by atoms with van der Waals surface area (Å²) in [6, 6.07) is 23.5. The fraction of sp³-hybridized carbons (Fsp3) is 0.333. The lowest BCUT2D eigenvalue weighted by molar-refractivity contribution is 0.0500. The Hall–Kier alpha value is -4.10. The predicted octanol–water partition coefficient (Wildman–Crippen LogP) is 5.42. The van der Waals surface area contributed by atoms with E-state index in [-0.39, 0.29) is 5.97 Å². The standard InChI is InChI=1S/C33H37N3O4/c1-39-31-11-5-9-24(10-6-22-40-33(38)26-7-3-2-4-8-26)29(31)17-20-35-18-15-28(16-19-35)36-21-14-25-12-13-27(32(34)37)23-30(25)36/h2-5,7-9,11-14,21,23,28H,6,10,15-20,22H2,1H3,(H2,34,37). The average Bonchev–Trinajstić information content (AvgIpc) is 3.42. The summed E-state index contributed by atoms with van der Waals surface area (Å²) in [5.74, 6) is 0.238. The number of ether oxygens (including phenoxy) is 2. The van der Waals surface area contributed by atoms with E-state index >= 15 is 0 Å². The lowest BCUT2D eigenvalue weighted by atomic mass is 9.98. The van der Waals surface area contributed by atoms with Crippen LogP contribution in [0, 0.1) is 0 Å². The van der Waals surface area contributed by atoms with E-state index in [0.29, 0.717) is 23.8 Å². The molecule has 0 aliphatic carbocycles. The van der Waals surface area contributed by atoms with Crippen LogP contribution in [0.1, 0.15) is 57.1 Å². The maximum absolute atomic E-state index is 12.2. The van der Waals surface area contributed by atoms with Gasteiger partial charge < -0.3 is 24.7 Å². The Labute approximate surface area is 235 Å². The maximum Gasteiger partial charge on any atom is 0.338 e. The number of hydrogen-bond donors (Lipinski definition) is 1. The van der Waals surface area contributed by atoms with Crippen molar-refractivity contribution in [2.45, 2.75) is 38.1 Å². The topological polar surface area (TPSA) is 86.8 Å². The van der Waals surface area contributed by atoms with Gasteiger partial charge in [-0.05, 0) is 85.0 Å². The van der Waals surface area contributed by atoms with Crippen LogP contribution in [-0.4, -0.2) is 54.7 Å². The molecule has 1 aliphatic heterocycles. The van der Waals surface area contributed by atoms with E-state index < -0.39 is 5.91 Å². The summed E-state index contributed by atoms with van der Waals surface area (Å²) in [6.07, 6.45) is 6.72. The number of methoxy groups -OCH3 is 1. The van der Waals surface area contributed by atoms with Gasteiger partial charge in [0.25, 0.3) is 0 Å². The highest BCUT2D eigenvalue weighted by atomic mass is 16.5. The molecule has 7 heteroatoms. The molecule has 0 radical (unpaired) electrons. The van der Waals surface area contributed by atoms with Gasteiger partial charge in [-0.1, -0.05) is 36.4 Å². The van der Waals surface area contributed by atoms with Crippen molar-refractivity contribution in [1.82, 2.24) is 9.47 Å². The third-order valence-corrected chi connectivity index (χ3v) is 7.92. The van der Waals surface area contributed by atoms with Crippen molar-refractivity contribution in [3.8, 4) is 5.75 Å². The number of nitrogens with two attached hydrogens (primary N) is 1. The highest BCUT2D eigenvalue weighted by Crippen LogP contribution is 2.30. The first-order valence-electron chi connectivity index (χ1n) is 14.0. The van der Waals surface area contributed by atoms with Crippen LogP contribution < -0.4 is 10.5 Å². The molecule has 2 N–H and O–H groups in total. The zero-order chi connectivity index (χ0) is 27.9. The Balaban J connectivity index is 1.15. The molecule has 1 aliphatic rings. The molecule has 1 fully saturated rings. The van der Waals surface area contributed by atoms with Crippen molar-refractivity contribution in [1.29, 1.82) is 0 Å². The summed E-state index contributed by atoms with van der Waals surface area (Å²) in [5.41, 5.74) is 10.2. The molecule has 208 valence electrons. The minimum absolute atomic E-state index is 0.281. The predicted molar refractivity (Wildman–Crippen MR) is 157 cm³/mol. The highest BCUT2D eigenvalue weighted by Gasteiger charge is 2.22. The van der Waals surface area contributed by atoms with E-state index in [1.165, 1.54) is 11.1 Å². The monoisotopic (exact) mass is 539 g/mol. The van der Waals surface area contributed by atoms with Crippen LogP contribution in [0.3, 0.4) is 0 Å². The van der Waals surface area contributed by atoms with Gasteiger partial charge in [0.15, 0.2) is 0 Å². The molecule has 3 aromatic carbocycles. The largest absolute Gasteiger partial charge is 0.496 e. The minimum atomic E-state index is -0.395. The van der Waals surface area contributed by atoms with Gasteiger partial charge in [-0.15, -0.1) is 0 Å². The summed E-state index contributed by atoms with van der Waals surface area (Å²) in [5, 5.41) is 1.13. The van der Waals surface area contributed by atoms with E-state index in [4.69, 9.17) is 15.2 Å². The second-order valence-electron chi connectivity index (χ2n) is 10.4. The number of nitrogens with zero attached hydrogens (tertiary/aromatic N) is 2. The van der Waals surface area contributed by atoms with Gasteiger partial charge in [-0.3, -0.25) is 4.79 Å². The second-order valence-corrected chi connectivity index (χ2v) is 10.4. The Bertz CT molecular complexity index is 1460. The van der Waals surface area contributed by atoms with Crippen LogP contribution in [0.15, 0.2) is 79.0 Å². The van der Waals surface area contributed by atoms with E-state index in [1.54, 1.807) is 25.3 Å². The van der Waals surface area contributed by atoms with Gasteiger partial charge >= 0.3 is 5.97 Å².